The van der Waals surface area contributed by atoms with Gasteiger partial charge in [-0.05, 0) is 39.5 Å². The van der Waals surface area contributed by atoms with Crippen molar-refractivity contribution < 1.29 is 13.2 Å². The van der Waals surface area contributed by atoms with Gasteiger partial charge in [-0.3, -0.25) is 4.31 Å². The molecule has 1 aliphatic heterocycles. The molecule has 0 bridgehead atoms. The lowest BCUT2D eigenvalue weighted by molar-refractivity contribution is 0.322. The Kier molecular flexibility index (Phi) is 3.74. The Morgan fingerprint density at radius 2 is 2.05 bits per heavy atom. The summed E-state index contributed by atoms with van der Waals surface area (Å²) in [5.41, 5.74) is 0.602. The van der Waals surface area contributed by atoms with Crippen LogP contribution in [0.4, 0.5) is 5.69 Å². The minimum absolute atomic E-state index is 0.328. The van der Waals surface area contributed by atoms with E-state index >= 15 is 0 Å². The van der Waals surface area contributed by atoms with Crippen LogP contribution in [0, 0.1) is 0 Å². The quantitative estimate of drug-likeness (QED) is 0.809. The number of para-hydroxylation sites is 2. The van der Waals surface area contributed by atoms with Crippen LogP contribution >= 0.6 is 27.3 Å². The largest absolute Gasteiger partial charge is 0.491 e. The number of rotatable bonds is 2. The summed E-state index contributed by atoms with van der Waals surface area (Å²) in [6, 6.07) is 8.99. The predicted octanol–water partition coefficient (Wildman–Crippen LogP) is 3.49. The predicted molar refractivity (Wildman–Crippen MR) is 83.1 cm³/mol. The lowest BCUT2D eigenvalue weighted by Crippen LogP contribution is -2.31. The number of anilines is 1. The number of thiophene rings is 1. The maximum absolute atomic E-state index is 12.8. The number of halogens is 1. The van der Waals surface area contributed by atoms with Crippen molar-refractivity contribution in [3.8, 4) is 5.75 Å². The number of fused-ring (bicyclic) bond motifs is 1. The van der Waals surface area contributed by atoms with Crippen LogP contribution in [0.2, 0.25) is 0 Å². The summed E-state index contributed by atoms with van der Waals surface area (Å²) in [6.07, 6.45) is 0.664. The first-order valence-corrected chi connectivity index (χ1v) is 9.19. The molecule has 106 valence electrons. The van der Waals surface area contributed by atoms with Crippen LogP contribution in [0.3, 0.4) is 0 Å². The Morgan fingerprint density at radius 1 is 1.25 bits per heavy atom. The lowest BCUT2D eigenvalue weighted by atomic mass is 10.3. The molecule has 0 saturated carbocycles. The van der Waals surface area contributed by atoms with E-state index in [0.717, 1.165) is 0 Å². The molecule has 0 atom stereocenters. The van der Waals surface area contributed by atoms with Crippen molar-refractivity contribution in [2.75, 3.05) is 17.5 Å². The molecular formula is C13H12BrNO3S2. The zero-order valence-corrected chi connectivity index (χ0v) is 13.7. The highest BCUT2D eigenvalue weighted by atomic mass is 79.9. The third-order valence-corrected chi connectivity index (χ3v) is 7.47. The summed E-state index contributed by atoms with van der Waals surface area (Å²) in [4.78, 5) is 0. The fourth-order valence-electron chi connectivity index (χ4n) is 2.11. The van der Waals surface area contributed by atoms with Crippen molar-refractivity contribution in [1.29, 1.82) is 0 Å². The first-order valence-electron chi connectivity index (χ1n) is 6.08. The van der Waals surface area contributed by atoms with Crippen LogP contribution in [0.1, 0.15) is 6.42 Å². The van der Waals surface area contributed by atoms with Crippen LogP contribution in [0.5, 0.6) is 5.75 Å². The van der Waals surface area contributed by atoms with E-state index < -0.39 is 10.0 Å². The summed E-state index contributed by atoms with van der Waals surface area (Å²) in [5.74, 6) is 0.612. The van der Waals surface area contributed by atoms with Crippen LogP contribution in [-0.2, 0) is 10.0 Å². The van der Waals surface area contributed by atoms with Crippen LogP contribution in [-0.4, -0.2) is 21.6 Å². The highest BCUT2D eigenvalue weighted by molar-refractivity contribution is 9.10. The third kappa shape index (κ3) is 2.34. The second-order valence-electron chi connectivity index (χ2n) is 4.30. The molecule has 0 fully saturated rings. The van der Waals surface area contributed by atoms with Crippen molar-refractivity contribution in [3.05, 3.63) is 40.2 Å². The first kappa shape index (κ1) is 13.9. The van der Waals surface area contributed by atoms with Crippen molar-refractivity contribution in [2.45, 2.75) is 10.6 Å². The van der Waals surface area contributed by atoms with Crippen molar-refractivity contribution in [1.82, 2.24) is 0 Å². The number of ether oxygens (including phenoxy) is 1. The van der Waals surface area contributed by atoms with Gasteiger partial charge in [-0.15, -0.1) is 11.3 Å². The fraction of sp³-hybridized carbons (Fsp3) is 0.231. The summed E-state index contributed by atoms with van der Waals surface area (Å²) < 4.78 is 33.6. The molecule has 4 nitrogen and oxygen atoms in total. The van der Waals surface area contributed by atoms with Crippen LogP contribution in [0.25, 0.3) is 0 Å². The Balaban J connectivity index is 2.12. The highest BCUT2D eigenvalue weighted by Gasteiger charge is 2.31. The van der Waals surface area contributed by atoms with Crippen molar-refractivity contribution in [2.24, 2.45) is 0 Å². The van der Waals surface area contributed by atoms with Gasteiger partial charge in [0.2, 0.25) is 0 Å². The van der Waals surface area contributed by atoms with Gasteiger partial charge in [0.1, 0.15) is 5.75 Å². The van der Waals surface area contributed by atoms with E-state index in [4.69, 9.17) is 4.74 Å². The molecule has 0 spiro atoms. The van der Waals surface area contributed by atoms with Crippen molar-refractivity contribution in [3.63, 3.8) is 0 Å². The SMILES string of the molecule is O=S(=O)(c1sccc1Br)N1CCCOc2ccccc21. The highest BCUT2D eigenvalue weighted by Crippen LogP contribution is 2.37. The number of sulfonamides is 1. The Morgan fingerprint density at radius 3 is 2.80 bits per heavy atom. The first-order chi connectivity index (χ1) is 9.60. The average Bonchev–Trinajstić information content (AvgIpc) is 2.75. The van der Waals surface area contributed by atoms with E-state index in [-0.39, 0.29) is 0 Å². The van der Waals surface area contributed by atoms with Crippen LogP contribution < -0.4 is 9.04 Å². The van der Waals surface area contributed by atoms with Gasteiger partial charge < -0.3 is 4.74 Å². The van der Waals surface area contributed by atoms with E-state index in [1.165, 1.54) is 15.6 Å². The molecule has 1 aliphatic rings. The monoisotopic (exact) mass is 373 g/mol. The molecule has 0 aliphatic carbocycles. The molecule has 20 heavy (non-hydrogen) atoms. The second kappa shape index (κ2) is 5.38. The Bertz CT molecular complexity index is 727. The topological polar surface area (TPSA) is 46.6 Å². The lowest BCUT2D eigenvalue weighted by Gasteiger charge is -2.22. The number of benzene rings is 1. The van der Waals surface area contributed by atoms with Crippen LogP contribution in [0.15, 0.2) is 44.4 Å². The number of hydrogen-bond acceptors (Lipinski definition) is 4. The molecule has 3 rings (SSSR count). The Labute approximate surface area is 130 Å². The zero-order chi connectivity index (χ0) is 14.2. The van der Waals surface area contributed by atoms with Gasteiger partial charge in [0.15, 0.2) is 4.21 Å². The van der Waals surface area contributed by atoms with E-state index in [2.05, 4.69) is 15.9 Å². The van der Waals surface area contributed by atoms with Gasteiger partial charge in [0.25, 0.3) is 10.0 Å². The molecule has 0 radical (unpaired) electrons. The van der Waals surface area contributed by atoms with Gasteiger partial charge in [-0.25, -0.2) is 8.42 Å². The van der Waals surface area contributed by atoms with E-state index in [1.807, 2.05) is 12.1 Å². The normalized spacial score (nSPS) is 15.3. The number of nitrogens with zero attached hydrogens (tertiary/aromatic N) is 1. The summed E-state index contributed by atoms with van der Waals surface area (Å²) in [6.45, 7) is 0.943. The minimum Gasteiger partial charge on any atom is -0.491 e. The maximum Gasteiger partial charge on any atom is 0.275 e. The molecule has 0 saturated heterocycles. The smallest absolute Gasteiger partial charge is 0.275 e. The van der Waals surface area contributed by atoms with Gasteiger partial charge in [0.05, 0.1) is 12.3 Å². The summed E-state index contributed by atoms with van der Waals surface area (Å²) in [7, 11) is -3.56. The second-order valence-corrected chi connectivity index (χ2v) is 8.13. The molecule has 2 aromatic rings. The molecule has 1 aromatic carbocycles. The standard InChI is InChI=1S/C13H12BrNO3S2/c14-10-6-9-19-13(10)20(16,17)15-7-3-8-18-12-5-2-1-4-11(12)15/h1-2,4-6,9H,3,7-8H2. The van der Waals surface area contributed by atoms with Crippen molar-refractivity contribution >= 4 is 43.0 Å². The minimum atomic E-state index is -3.56. The molecule has 1 aromatic heterocycles. The van der Waals surface area contributed by atoms with E-state index in [9.17, 15) is 8.42 Å². The molecule has 0 N–H and O–H groups in total. The molecule has 2 heterocycles. The maximum atomic E-state index is 12.8. The Hall–Kier alpha value is -1.05. The fourth-order valence-corrected chi connectivity index (χ4v) is 6.04. The molecular weight excluding hydrogens is 362 g/mol. The molecule has 0 amide bonds. The van der Waals surface area contributed by atoms with Gasteiger partial charge in [-0.2, -0.15) is 0 Å². The molecule has 0 unspecified atom stereocenters. The summed E-state index contributed by atoms with van der Waals surface area (Å²) >= 11 is 4.52. The number of hydrogen-bond donors (Lipinski definition) is 0. The van der Waals surface area contributed by atoms with E-state index in [0.29, 0.717) is 39.7 Å². The van der Waals surface area contributed by atoms with Gasteiger partial charge >= 0.3 is 0 Å². The summed E-state index contributed by atoms with van der Waals surface area (Å²) in [5, 5.41) is 1.76. The zero-order valence-electron chi connectivity index (χ0n) is 10.5. The molecule has 7 heteroatoms. The average molecular weight is 374 g/mol. The van der Waals surface area contributed by atoms with Gasteiger partial charge in [-0.1, -0.05) is 12.1 Å². The van der Waals surface area contributed by atoms with Gasteiger partial charge in [0, 0.05) is 17.4 Å². The third-order valence-electron chi connectivity index (χ3n) is 3.01. The van der Waals surface area contributed by atoms with E-state index in [1.54, 1.807) is 23.6 Å².